The number of piperidine rings is 2. The van der Waals surface area contributed by atoms with Crippen molar-refractivity contribution in [2.75, 3.05) is 26.2 Å². The quantitative estimate of drug-likeness (QED) is 0.586. The number of aromatic nitrogens is 1. The Morgan fingerprint density at radius 1 is 0.886 bits per heavy atom. The summed E-state index contributed by atoms with van der Waals surface area (Å²) in [5.41, 5.74) is 4.98. The fourth-order valence-electron chi connectivity index (χ4n) is 6.30. The normalized spacial score (nSPS) is 20.4. The Bertz CT molecular complexity index is 1350. The van der Waals surface area contributed by atoms with Crippen molar-refractivity contribution in [3.05, 3.63) is 65.4 Å². The standard InChI is InChI=1S/C28H33N3O3S/c32-28(30-14-10-21(11-15-30)26-19-29-27-7-2-1-6-25(26)27)22-12-16-31(17-13-22)35(33,34)24-9-8-20-4-3-5-23(20)18-24/h1-2,6-9,18-19,21-22,29H,3-5,10-17H2. The molecular weight excluding hydrogens is 458 g/mol. The number of aryl methyl sites for hydroxylation is 2. The fourth-order valence-corrected chi connectivity index (χ4v) is 7.82. The average molecular weight is 492 g/mol. The molecule has 3 aromatic rings. The zero-order chi connectivity index (χ0) is 24.0. The molecule has 0 radical (unpaired) electrons. The Morgan fingerprint density at radius 2 is 1.63 bits per heavy atom. The lowest BCUT2D eigenvalue weighted by Gasteiger charge is -2.37. The third-order valence-electron chi connectivity index (χ3n) is 8.38. The van der Waals surface area contributed by atoms with E-state index in [2.05, 4.69) is 29.4 Å². The van der Waals surface area contributed by atoms with Gasteiger partial charge in [0.25, 0.3) is 0 Å². The fraction of sp³-hybridized carbons (Fsp3) is 0.464. The molecule has 3 heterocycles. The highest BCUT2D eigenvalue weighted by molar-refractivity contribution is 7.89. The maximum Gasteiger partial charge on any atom is 0.243 e. The van der Waals surface area contributed by atoms with Gasteiger partial charge in [0.1, 0.15) is 0 Å². The molecule has 2 fully saturated rings. The van der Waals surface area contributed by atoms with E-state index in [1.54, 1.807) is 10.4 Å². The molecule has 3 aliphatic rings. The van der Waals surface area contributed by atoms with E-state index in [4.69, 9.17) is 0 Å². The number of likely N-dealkylation sites (tertiary alicyclic amines) is 1. The summed E-state index contributed by atoms with van der Waals surface area (Å²) in [5, 5.41) is 1.29. The number of amides is 1. The van der Waals surface area contributed by atoms with Crippen LogP contribution in [0.15, 0.2) is 53.6 Å². The summed E-state index contributed by atoms with van der Waals surface area (Å²) in [6, 6.07) is 14.0. The van der Waals surface area contributed by atoms with Crippen molar-refractivity contribution in [1.82, 2.24) is 14.2 Å². The van der Waals surface area contributed by atoms with Crippen molar-refractivity contribution < 1.29 is 13.2 Å². The number of carbonyl (C=O) groups is 1. The Balaban J connectivity index is 1.05. The maximum atomic E-state index is 13.3. The summed E-state index contributed by atoms with van der Waals surface area (Å²) in [6.07, 6.45) is 8.39. The zero-order valence-corrected chi connectivity index (χ0v) is 20.9. The maximum absolute atomic E-state index is 13.3. The van der Waals surface area contributed by atoms with Crippen molar-refractivity contribution in [2.24, 2.45) is 5.92 Å². The van der Waals surface area contributed by atoms with Crippen LogP contribution in [-0.4, -0.2) is 54.7 Å². The van der Waals surface area contributed by atoms with Gasteiger partial charge < -0.3 is 9.88 Å². The minimum absolute atomic E-state index is 0.0777. The monoisotopic (exact) mass is 491 g/mol. The summed E-state index contributed by atoms with van der Waals surface area (Å²) >= 11 is 0. The van der Waals surface area contributed by atoms with Gasteiger partial charge in [0.2, 0.25) is 15.9 Å². The second-order valence-electron chi connectivity index (χ2n) is 10.4. The van der Waals surface area contributed by atoms with E-state index < -0.39 is 10.0 Å². The Morgan fingerprint density at radius 3 is 2.43 bits per heavy atom. The molecule has 1 aromatic heterocycles. The van der Waals surface area contributed by atoms with Crippen LogP contribution in [0.2, 0.25) is 0 Å². The number of hydrogen-bond donors (Lipinski definition) is 1. The molecule has 2 aromatic carbocycles. The summed E-state index contributed by atoms with van der Waals surface area (Å²) in [5.74, 6) is 0.595. The highest BCUT2D eigenvalue weighted by Crippen LogP contribution is 2.34. The van der Waals surface area contributed by atoms with E-state index in [1.165, 1.54) is 27.6 Å². The van der Waals surface area contributed by atoms with Crippen molar-refractivity contribution in [1.29, 1.82) is 0 Å². The van der Waals surface area contributed by atoms with Gasteiger partial charge in [-0.25, -0.2) is 8.42 Å². The molecule has 2 aliphatic heterocycles. The van der Waals surface area contributed by atoms with Gasteiger partial charge in [-0.15, -0.1) is 0 Å². The third-order valence-corrected chi connectivity index (χ3v) is 10.3. The summed E-state index contributed by atoms with van der Waals surface area (Å²) in [4.78, 5) is 19.1. The van der Waals surface area contributed by atoms with Crippen LogP contribution in [0.25, 0.3) is 10.9 Å². The second-order valence-corrected chi connectivity index (χ2v) is 12.3. The highest BCUT2D eigenvalue weighted by Gasteiger charge is 2.35. The first-order chi connectivity index (χ1) is 17.0. The van der Waals surface area contributed by atoms with Gasteiger partial charge in [0, 0.05) is 49.2 Å². The molecule has 0 atom stereocenters. The minimum atomic E-state index is -3.50. The van der Waals surface area contributed by atoms with E-state index in [9.17, 15) is 13.2 Å². The molecule has 0 unspecified atom stereocenters. The van der Waals surface area contributed by atoms with E-state index in [-0.39, 0.29) is 11.8 Å². The van der Waals surface area contributed by atoms with E-state index in [0.29, 0.717) is 36.7 Å². The van der Waals surface area contributed by atoms with Gasteiger partial charge in [-0.2, -0.15) is 4.31 Å². The molecule has 0 spiro atoms. The molecule has 6 nitrogen and oxygen atoms in total. The molecule has 2 saturated heterocycles. The predicted molar refractivity (Wildman–Crippen MR) is 137 cm³/mol. The lowest BCUT2D eigenvalue weighted by Crippen LogP contribution is -2.46. The number of nitrogens with zero attached hydrogens (tertiary/aromatic N) is 2. The van der Waals surface area contributed by atoms with Crippen LogP contribution in [-0.2, 0) is 27.7 Å². The van der Waals surface area contributed by atoms with E-state index >= 15 is 0 Å². The van der Waals surface area contributed by atoms with Gasteiger partial charge >= 0.3 is 0 Å². The molecule has 35 heavy (non-hydrogen) atoms. The molecule has 6 rings (SSSR count). The molecule has 0 saturated carbocycles. The minimum Gasteiger partial charge on any atom is -0.361 e. The van der Waals surface area contributed by atoms with Crippen LogP contribution >= 0.6 is 0 Å². The predicted octanol–water partition coefficient (Wildman–Crippen LogP) is 4.46. The van der Waals surface area contributed by atoms with Crippen LogP contribution < -0.4 is 0 Å². The second kappa shape index (κ2) is 9.10. The number of fused-ring (bicyclic) bond motifs is 2. The van der Waals surface area contributed by atoms with Crippen LogP contribution in [0.5, 0.6) is 0 Å². The molecular formula is C28H33N3O3S. The van der Waals surface area contributed by atoms with Gasteiger partial charge in [0.15, 0.2) is 0 Å². The van der Waals surface area contributed by atoms with Crippen LogP contribution in [0.4, 0.5) is 0 Å². The van der Waals surface area contributed by atoms with Gasteiger partial charge in [-0.05, 0) is 85.8 Å². The Labute approximate surface area is 207 Å². The number of benzene rings is 2. The molecule has 184 valence electrons. The molecule has 1 aliphatic carbocycles. The van der Waals surface area contributed by atoms with E-state index in [0.717, 1.165) is 45.2 Å². The van der Waals surface area contributed by atoms with Crippen molar-refractivity contribution in [3.8, 4) is 0 Å². The van der Waals surface area contributed by atoms with Crippen LogP contribution in [0, 0.1) is 5.92 Å². The van der Waals surface area contributed by atoms with Gasteiger partial charge in [0.05, 0.1) is 4.90 Å². The Kier molecular flexibility index (Phi) is 5.93. The third kappa shape index (κ3) is 4.19. The number of carbonyl (C=O) groups excluding carboxylic acids is 1. The topological polar surface area (TPSA) is 73.5 Å². The molecule has 1 amide bonds. The van der Waals surface area contributed by atoms with Crippen LogP contribution in [0.1, 0.15) is 54.7 Å². The number of para-hydroxylation sites is 1. The number of H-pyrrole nitrogens is 1. The first-order valence-electron chi connectivity index (χ1n) is 13.0. The molecule has 7 heteroatoms. The van der Waals surface area contributed by atoms with E-state index in [1.807, 2.05) is 23.1 Å². The average Bonchev–Trinajstić information content (AvgIpc) is 3.55. The largest absolute Gasteiger partial charge is 0.361 e. The van der Waals surface area contributed by atoms with Crippen molar-refractivity contribution >= 4 is 26.8 Å². The first-order valence-corrected chi connectivity index (χ1v) is 14.4. The Hall–Kier alpha value is -2.64. The summed E-state index contributed by atoms with van der Waals surface area (Å²) in [7, 11) is -3.50. The number of nitrogens with one attached hydrogen (secondary N) is 1. The number of hydrogen-bond acceptors (Lipinski definition) is 3. The van der Waals surface area contributed by atoms with Crippen molar-refractivity contribution in [2.45, 2.75) is 55.8 Å². The van der Waals surface area contributed by atoms with Gasteiger partial charge in [-0.1, -0.05) is 24.3 Å². The summed E-state index contributed by atoms with van der Waals surface area (Å²) < 4.78 is 28.1. The van der Waals surface area contributed by atoms with Crippen LogP contribution in [0.3, 0.4) is 0 Å². The number of rotatable bonds is 4. The van der Waals surface area contributed by atoms with Crippen molar-refractivity contribution in [3.63, 3.8) is 0 Å². The summed E-state index contributed by atoms with van der Waals surface area (Å²) in [6.45, 7) is 2.39. The smallest absolute Gasteiger partial charge is 0.243 e. The number of sulfonamides is 1. The lowest BCUT2D eigenvalue weighted by atomic mass is 9.88. The highest BCUT2D eigenvalue weighted by atomic mass is 32.2. The first kappa shape index (κ1) is 22.8. The molecule has 1 N–H and O–H groups in total. The lowest BCUT2D eigenvalue weighted by molar-refractivity contribution is -0.137. The number of aromatic amines is 1. The zero-order valence-electron chi connectivity index (χ0n) is 20.1. The molecule has 0 bridgehead atoms. The van der Waals surface area contributed by atoms with Gasteiger partial charge in [-0.3, -0.25) is 4.79 Å². The SMILES string of the molecule is O=C(C1CCN(S(=O)(=O)c2ccc3c(c2)CCC3)CC1)N1CCC(c2c[nH]c3ccccc23)CC1.